The first-order valence-electron chi connectivity index (χ1n) is 9.99. The molecule has 6 nitrogen and oxygen atoms in total. The van der Waals surface area contributed by atoms with Gasteiger partial charge in [0.2, 0.25) is 0 Å². The van der Waals surface area contributed by atoms with Crippen LogP contribution in [-0.4, -0.2) is 28.0 Å². The lowest BCUT2D eigenvalue weighted by atomic mass is 10.1. The number of benzene rings is 3. The average molecular weight is 439 g/mol. The monoisotopic (exact) mass is 438 g/mol. The normalized spacial score (nSPS) is 11.0. The van der Waals surface area contributed by atoms with Gasteiger partial charge in [0.1, 0.15) is 5.75 Å². The number of rotatable bonds is 9. The summed E-state index contributed by atoms with van der Waals surface area (Å²) in [7, 11) is -2.16. The lowest BCUT2D eigenvalue weighted by Crippen LogP contribution is -2.25. The highest BCUT2D eigenvalue weighted by atomic mass is 32.2. The SMILES string of the molecule is COc1ccccc1CCCNC(=O)c1cccc(S(=O)(=O)Nc2cccc(C)c2)c1. The van der Waals surface area contributed by atoms with Crippen molar-refractivity contribution in [2.24, 2.45) is 0 Å². The molecule has 1 amide bonds. The Labute approximate surface area is 183 Å². The Morgan fingerprint density at radius 1 is 0.968 bits per heavy atom. The Morgan fingerprint density at radius 2 is 1.74 bits per heavy atom. The first-order valence-corrected chi connectivity index (χ1v) is 11.5. The van der Waals surface area contributed by atoms with Crippen molar-refractivity contribution in [2.75, 3.05) is 18.4 Å². The van der Waals surface area contributed by atoms with Crippen LogP contribution in [0.4, 0.5) is 5.69 Å². The summed E-state index contributed by atoms with van der Waals surface area (Å²) in [5, 5.41) is 2.85. The number of carbonyl (C=O) groups excluding carboxylic acids is 1. The quantitative estimate of drug-likeness (QED) is 0.491. The molecule has 0 bridgehead atoms. The second kappa shape index (κ2) is 10.1. The molecular weight excluding hydrogens is 412 g/mol. The highest BCUT2D eigenvalue weighted by Gasteiger charge is 2.16. The number of ether oxygens (including phenoxy) is 1. The second-order valence-electron chi connectivity index (χ2n) is 7.17. The maximum absolute atomic E-state index is 12.7. The zero-order chi connectivity index (χ0) is 22.3. The van der Waals surface area contributed by atoms with Crippen LogP contribution in [0.1, 0.15) is 27.9 Å². The predicted octanol–water partition coefficient (Wildman–Crippen LogP) is 4.17. The van der Waals surface area contributed by atoms with Gasteiger partial charge in [-0.1, -0.05) is 36.4 Å². The molecule has 0 saturated carbocycles. The van der Waals surface area contributed by atoms with Gasteiger partial charge in [-0.3, -0.25) is 9.52 Å². The van der Waals surface area contributed by atoms with Crippen molar-refractivity contribution in [3.8, 4) is 5.75 Å². The lowest BCUT2D eigenvalue weighted by molar-refractivity contribution is 0.0953. The minimum absolute atomic E-state index is 0.0377. The Morgan fingerprint density at radius 3 is 2.52 bits per heavy atom. The molecule has 162 valence electrons. The molecule has 3 aromatic carbocycles. The van der Waals surface area contributed by atoms with Crippen molar-refractivity contribution in [3.63, 3.8) is 0 Å². The molecule has 0 heterocycles. The second-order valence-corrected chi connectivity index (χ2v) is 8.86. The smallest absolute Gasteiger partial charge is 0.261 e. The van der Waals surface area contributed by atoms with Crippen LogP contribution in [0.25, 0.3) is 0 Å². The van der Waals surface area contributed by atoms with Gasteiger partial charge in [0.05, 0.1) is 12.0 Å². The van der Waals surface area contributed by atoms with Crippen LogP contribution in [0.15, 0.2) is 77.7 Å². The molecule has 0 saturated heterocycles. The molecule has 0 spiro atoms. The van der Waals surface area contributed by atoms with E-state index in [9.17, 15) is 13.2 Å². The molecular formula is C24H26N2O4S. The van der Waals surface area contributed by atoms with E-state index in [4.69, 9.17) is 4.74 Å². The van der Waals surface area contributed by atoms with Crippen molar-refractivity contribution in [1.82, 2.24) is 5.32 Å². The molecule has 2 N–H and O–H groups in total. The minimum Gasteiger partial charge on any atom is -0.496 e. The van der Waals surface area contributed by atoms with Crippen LogP contribution in [0.3, 0.4) is 0 Å². The van der Waals surface area contributed by atoms with Crippen LogP contribution in [0.2, 0.25) is 0 Å². The summed E-state index contributed by atoms with van der Waals surface area (Å²) < 4.78 is 33.3. The van der Waals surface area contributed by atoms with Gasteiger partial charge in [-0.15, -0.1) is 0 Å². The molecule has 31 heavy (non-hydrogen) atoms. The maximum Gasteiger partial charge on any atom is 0.261 e. The number of hydrogen-bond acceptors (Lipinski definition) is 4. The van der Waals surface area contributed by atoms with Crippen molar-refractivity contribution >= 4 is 21.6 Å². The van der Waals surface area contributed by atoms with Crippen LogP contribution in [-0.2, 0) is 16.4 Å². The van der Waals surface area contributed by atoms with E-state index in [2.05, 4.69) is 10.0 Å². The fraction of sp³-hybridized carbons (Fsp3) is 0.208. The van der Waals surface area contributed by atoms with Crippen LogP contribution in [0.5, 0.6) is 5.75 Å². The van der Waals surface area contributed by atoms with Gasteiger partial charge in [0.25, 0.3) is 15.9 Å². The van der Waals surface area contributed by atoms with Crippen molar-refractivity contribution in [1.29, 1.82) is 0 Å². The van der Waals surface area contributed by atoms with E-state index >= 15 is 0 Å². The molecule has 3 aromatic rings. The van der Waals surface area contributed by atoms with Gasteiger partial charge in [-0.05, 0) is 67.3 Å². The number of sulfonamides is 1. The third-order valence-corrected chi connectivity index (χ3v) is 6.16. The molecule has 0 aromatic heterocycles. The van der Waals surface area contributed by atoms with Crippen LogP contribution < -0.4 is 14.8 Å². The molecule has 0 aliphatic rings. The molecule has 0 radical (unpaired) electrons. The first-order chi connectivity index (χ1) is 14.9. The number of amides is 1. The number of aryl methyl sites for hydroxylation is 2. The Bertz CT molecular complexity index is 1160. The van der Waals surface area contributed by atoms with E-state index in [0.29, 0.717) is 17.8 Å². The average Bonchev–Trinajstić information content (AvgIpc) is 2.76. The first kappa shape index (κ1) is 22.4. The maximum atomic E-state index is 12.7. The predicted molar refractivity (Wildman–Crippen MR) is 122 cm³/mol. The standard InChI is InChI=1S/C24H26N2O4S/c1-18-8-5-12-21(16-18)26-31(28,29)22-13-6-10-20(17-22)24(27)25-15-7-11-19-9-3-4-14-23(19)30-2/h3-6,8-10,12-14,16-17,26H,7,11,15H2,1-2H3,(H,25,27). The highest BCUT2D eigenvalue weighted by molar-refractivity contribution is 7.92. The van der Waals surface area contributed by atoms with Gasteiger partial charge in [0, 0.05) is 17.8 Å². The minimum atomic E-state index is -3.80. The molecule has 7 heteroatoms. The Kier molecular flexibility index (Phi) is 7.31. The van der Waals surface area contributed by atoms with E-state index in [0.717, 1.165) is 29.7 Å². The molecule has 0 unspecified atom stereocenters. The summed E-state index contributed by atoms with van der Waals surface area (Å²) in [6, 6.07) is 20.9. The number of methoxy groups -OCH3 is 1. The van der Waals surface area contributed by atoms with Crippen molar-refractivity contribution in [3.05, 3.63) is 89.5 Å². The topological polar surface area (TPSA) is 84.5 Å². The van der Waals surface area contributed by atoms with E-state index in [-0.39, 0.29) is 10.8 Å². The largest absolute Gasteiger partial charge is 0.496 e. The van der Waals surface area contributed by atoms with Gasteiger partial charge >= 0.3 is 0 Å². The summed E-state index contributed by atoms with van der Waals surface area (Å²) in [5.74, 6) is 0.514. The zero-order valence-electron chi connectivity index (χ0n) is 17.6. The summed E-state index contributed by atoms with van der Waals surface area (Å²) in [6.45, 7) is 2.35. The molecule has 0 aliphatic carbocycles. The molecule has 0 atom stereocenters. The van der Waals surface area contributed by atoms with Gasteiger partial charge < -0.3 is 10.1 Å². The van der Waals surface area contributed by atoms with E-state index < -0.39 is 10.0 Å². The lowest BCUT2D eigenvalue weighted by Gasteiger charge is -2.11. The van der Waals surface area contributed by atoms with Gasteiger partial charge in [-0.2, -0.15) is 0 Å². The van der Waals surface area contributed by atoms with E-state index in [1.54, 1.807) is 37.4 Å². The fourth-order valence-corrected chi connectivity index (χ4v) is 4.31. The van der Waals surface area contributed by atoms with Crippen molar-refractivity contribution < 1.29 is 17.9 Å². The molecule has 0 aliphatic heterocycles. The summed E-state index contributed by atoms with van der Waals surface area (Å²) in [5.41, 5.74) is 2.80. The van der Waals surface area contributed by atoms with E-state index in [1.807, 2.05) is 37.3 Å². The molecule has 0 fully saturated rings. The van der Waals surface area contributed by atoms with Crippen molar-refractivity contribution in [2.45, 2.75) is 24.7 Å². The summed E-state index contributed by atoms with van der Waals surface area (Å²) >= 11 is 0. The summed E-state index contributed by atoms with van der Waals surface area (Å²) in [4.78, 5) is 12.5. The van der Waals surface area contributed by atoms with E-state index in [1.165, 1.54) is 12.1 Å². The Balaban J connectivity index is 1.60. The Hall–Kier alpha value is -3.32. The molecule has 3 rings (SSSR count). The number of carbonyl (C=O) groups is 1. The fourth-order valence-electron chi connectivity index (χ4n) is 3.22. The number of hydrogen-bond donors (Lipinski definition) is 2. The number of anilines is 1. The number of nitrogens with one attached hydrogen (secondary N) is 2. The highest BCUT2D eigenvalue weighted by Crippen LogP contribution is 2.19. The number of para-hydroxylation sites is 1. The van der Waals surface area contributed by atoms with Gasteiger partial charge in [0.15, 0.2) is 0 Å². The van der Waals surface area contributed by atoms with Gasteiger partial charge in [-0.25, -0.2) is 8.42 Å². The van der Waals surface area contributed by atoms with Crippen LogP contribution >= 0.6 is 0 Å². The zero-order valence-corrected chi connectivity index (χ0v) is 18.4. The summed E-state index contributed by atoms with van der Waals surface area (Å²) in [6.07, 6.45) is 1.50. The third-order valence-electron chi connectivity index (χ3n) is 4.78. The van der Waals surface area contributed by atoms with Crippen LogP contribution in [0, 0.1) is 6.92 Å². The third kappa shape index (κ3) is 6.08.